The van der Waals surface area contributed by atoms with Crippen molar-refractivity contribution in [3.63, 3.8) is 0 Å². The maximum absolute atomic E-state index is 9.33. The highest BCUT2D eigenvalue weighted by Gasteiger charge is 2.07. The van der Waals surface area contributed by atoms with Gasteiger partial charge in [-0.15, -0.1) is 0 Å². The van der Waals surface area contributed by atoms with E-state index < -0.39 is 0 Å². The number of aliphatic imine (C=N–C) groups is 1. The van der Waals surface area contributed by atoms with E-state index in [2.05, 4.69) is 60.7 Å². The minimum absolute atomic E-state index is 0.278. The Morgan fingerprint density at radius 2 is 1.88 bits per heavy atom. The summed E-state index contributed by atoms with van der Waals surface area (Å²) in [4.78, 5) is 4.61. The Balaban J connectivity index is 1.94. The molecule has 0 aliphatic rings. The number of hydrogen-bond acceptors (Lipinski definition) is 2. The molecule has 0 bridgehead atoms. The van der Waals surface area contributed by atoms with Gasteiger partial charge in [0.05, 0.1) is 6.54 Å². The van der Waals surface area contributed by atoms with Crippen LogP contribution in [0.25, 0.3) is 0 Å². The number of phenols is 1. The highest BCUT2D eigenvalue weighted by molar-refractivity contribution is 5.79. The molecule has 0 saturated heterocycles. The van der Waals surface area contributed by atoms with E-state index >= 15 is 0 Å². The number of hydrogen-bond donors (Lipinski definition) is 3. The number of rotatable bonds is 6. The Morgan fingerprint density at radius 3 is 2.54 bits per heavy atom. The molecule has 24 heavy (non-hydrogen) atoms. The molecule has 0 aliphatic carbocycles. The molecule has 1 atom stereocenters. The summed E-state index contributed by atoms with van der Waals surface area (Å²) in [5.41, 5.74) is 3.68. The van der Waals surface area contributed by atoms with E-state index in [9.17, 15) is 5.11 Å². The van der Waals surface area contributed by atoms with Crippen LogP contribution in [0.15, 0.2) is 53.5 Å². The zero-order chi connectivity index (χ0) is 17.4. The highest BCUT2D eigenvalue weighted by atomic mass is 16.3. The minimum atomic E-state index is 0.278. The van der Waals surface area contributed by atoms with Crippen LogP contribution in [0.2, 0.25) is 0 Å². The van der Waals surface area contributed by atoms with Gasteiger partial charge in [0, 0.05) is 13.1 Å². The molecular formula is C20H27N3O. The summed E-state index contributed by atoms with van der Waals surface area (Å²) in [5.74, 6) is 1.49. The number of aromatic hydroxyl groups is 1. The predicted octanol–water partition coefficient (Wildman–Crippen LogP) is 3.56. The zero-order valence-electron chi connectivity index (χ0n) is 14.7. The molecule has 0 fully saturated rings. The van der Waals surface area contributed by atoms with E-state index in [4.69, 9.17) is 0 Å². The fourth-order valence-electron chi connectivity index (χ4n) is 2.46. The van der Waals surface area contributed by atoms with Gasteiger partial charge in [0.15, 0.2) is 5.96 Å². The quantitative estimate of drug-likeness (QED) is 0.562. The van der Waals surface area contributed by atoms with Crippen LogP contribution in [-0.4, -0.2) is 24.2 Å². The molecule has 0 heterocycles. The van der Waals surface area contributed by atoms with Crippen molar-refractivity contribution in [2.75, 3.05) is 13.1 Å². The SMILES string of the molecule is CCNC(=NCc1ccc(O)cc1)NCC(C)c1cccc(C)c1. The lowest BCUT2D eigenvalue weighted by atomic mass is 9.99. The number of nitrogens with zero attached hydrogens (tertiary/aromatic N) is 1. The molecule has 1 unspecified atom stereocenters. The molecule has 2 aromatic carbocycles. The predicted molar refractivity (Wildman–Crippen MR) is 101 cm³/mol. The van der Waals surface area contributed by atoms with Crippen molar-refractivity contribution in [2.45, 2.75) is 33.2 Å². The van der Waals surface area contributed by atoms with Crippen LogP contribution in [0, 0.1) is 6.92 Å². The van der Waals surface area contributed by atoms with Crippen molar-refractivity contribution < 1.29 is 5.11 Å². The molecule has 4 heteroatoms. The van der Waals surface area contributed by atoms with Crippen molar-refractivity contribution in [2.24, 2.45) is 4.99 Å². The molecule has 0 spiro atoms. The van der Waals surface area contributed by atoms with Crippen LogP contribution in [-0.2, 0) is 6.54 Å². The largest absolute Gasteiger partial charge is 0.508 e. The molecule has 0 radical (unpaired) electrons. The van der Waals surface area contributed by atoms with Crippen LogP contribution < -0.4 is 10.6 Å². The topological polar surface area (TPSA) is 56.7 Å². The summed E-state index contributed by atoms with van der Waals surface area (Å²) in [6.45, 7) is 8.61. The van der Waals surface area contributed by atoms with Gasteiger partial charge in [0.1, 0.15) is 5.75 Å². The van der Waals surface area contributed by atoms with Gasteiger partial charge < -0.3 is 15.7 Å². The van der Waals surface area contributed by atoms with E-state index in [1.165, 1.54) is 11.1 Å². The number of guanidine groups is 1. The van der Waals surface area contributed by atoms with Gasteiger partial charge in [-0.2, -0.15) is 0 Å². The Labute approximate surface area is 144 Å². The Bertz CT molecular complexity index is 665. The normalized spacial score (nSPS) is 12.7. The van der Waals surface area contributed by atoms with Crippen molar-refractivity contribution in [1.29, 1.82) is 0 Å². The number of nitrogens with one attached hydrogen (secondary N) is 2. The van der Waals surface area contributed by atoms with Crippen LogP contribution in [0.1, 0.15) is 36.5 Å². The lowest BCUT2D eigenvalue weighted by molar-refractivity contribution is 0.475. The second-order valence-corrected chi connectivity index (χ2v) is 6.06. The standard InChI is InChI=1S/C20H27N3O/c1-4-21-20(23-14-17-8-10-19(24)11-9-17)22-13-16(3)18-7-5-6-15(2)12-18/h5-12,16,24H,4,13-14H2,1-3H3,(H2,21,22,23). The third kappa shape index (κ3) is 5.61. The maximum atomic E-state index is 9.33. The summed E-state index contributed by atoms with van der Waals surface area (Å²) in [7, 11) is 0. The van der Waals surface area contributed by atoms with E-state index in [0.29, 0.717) is 12.5 Å². The summed E-state index contributed by atoms with van der Waals surface area (Å²) in [5, 5.41) is 16.0. The maximum Gasteiger partial charge on any atom is 0.191 e. The van der Waals surface area contributed by atoms with Gasteiger partial charge in [0.2, 0.25) is 0 Å². The smallest absolute Gasteiger partial charge is 0.191 e. The zero-order valence-corrected chi connectivity index (χ0v) is 14.7. The van der Waals surface area contributed by atoms with Gasteiger partial charge in [-0.25, -0.2) is 4.99 Å². The fraction of sp³-hybridized carbons (Fsp3) is 0.350. The molecular weight excluding hydrogens is 298 g/mol. The molecule has 3 N–H and O–H groups in total. The number of aryl methyl sites for hydroxylation is 1. The first-order valence-corrected chi connectivity index (χ1v) is 8.45. The van der Waals surface area contributed by atoms with E-state index in [0.717, 1.165) is 24.6 Å². The van der Waals surface area contributed by atoms with Gasteiger partial charge in [-0.3, -0.25) is 0 Å². The molecule has 0 saturated carbocycles. The minimum Gasteiger partial charge on any atom is -0.508 e. The van der Waals surface area contributed by atoms with Gasteiger partial charge in [-0.05, 0) is 43.0 Å². The molecule has 2 aromatic rings. The first-order valence-electron chi connectivity index (χ1n) is 8.45. The van der Waals surface area contributed by atoms with Crippen LogP contribution >= 0.6 is 0 Å². The first-order chi connectivity index (χ1) is 11.6. The van der Waals surface area contributed by atoms with Crippen molar-refractivity contribution >= 4 is 5.96 Å². The molecule has 0 aliphatic heterocycles. The molecule has 128 valence electrons. The Morgan fingerprint density at radius 1 is 1.12 bits per heavy atom. The van der Waals surface area contributed by atoms with Crippen LogP contribution in [0.3, 0.4) is 0 Å². The number of benzene rings is 2. The molecule has 2 rings (SSSR count). The second kappa shape index (κ2) is 8.96. The summed E-state index contributed by atoms with van der Waals surface area (Å²) >= 11 is 0. The fourth-order valence-corrected chi connectivity index (χ4v) is 2.46. The lowest BCUT2D eigenvalue weighted by Crippen LogP contribution is -2.39. The third-order valence-electron chi connectivity index (χ3n) is 3.89. The van der Waals surface area contributed by atoms with Crippen LogP contribution in [0.5, 0.6) is 5.75 Å². The monoisotopic (exact) mass is 325 g/mol. The average Bonchev–Trinajstić information content (AvgIpc) is 2.58. The first kappa shape index (κ1) is 17.9. The summed E-state index contributed by atoms with van der Waals surface area (Å²) < 4.78 is 0. The Kier molecular flexibility index (Phi) is 6.67. The van der Waals surface area contributed by atoms with Gasteiger partial charge in [-0.1, -0.05) is 48.9 Å². The number of phenolic OH excluding ortho intramolecular Hbond substituents is 1. The van der Waals surface area contributed by atoms with Gasteiger partial charge >= 0.3 is 0 Å². The molecule has 0 aromatic heterocycles. The second-order valence-electron chi connectivity index (χ2n) is 6.06. The highest BCUT2D eigenvalue weighted by Crippen LogP contribution is 2.15. The Hall–Kier alpha value is -2.49. The molecule has 0 amide bonds. The summed E-state index contributed by atoms with van der Waals surface area (Å²) in [6, 6.07) is 15.8. The van der Waals surface area contributed by atoms with E-state index in [1.54, 1.807) is 12.1 Å². The summed E-state index contributed by atoms with van der Waals surface area (Å²) in [6.07, 6.45) is 0. The van der Waals surface area contributed by atoms with Gasteiger partial charge in [0.25, 0.3) is 0 Å². The average molecular weight is 325 g/mol. The van der Waals surface area contributed by atoms with Crippen molar-refractivity contribution in [3.8, 4) is 5.75 Å². The van der Waals surface area contributed by atoms with Crippen LogP contribution in [0.4, 0.5) is 0 Å². The van der Waals surface area contributed by atoms with Crippen molar-refractivity contribution in [3.05, 3.63) is 65.2 Å². The van der Waals surface area contributed by atoms with E-state index in [1.807, 2.05) is 12.1 Å². The van der Waals surface area contributed by atoms with Crippen molar-refractivity contribution in [1.82, 2.24) is 10.6 Å². The lowest BCUT2D eigenvalue weighted by Gasteiger charge is -2.16. The molecule has 4 nitrogen and oxygen atoms in total. The third-order valence-corrected chi connectivity index (χ3v) is 3.89. The van der Waals surface area contributed by atoms with E-state index in [-0.39, 0.29) is 5.75 Å².